The minimum absolute atomic E-state index is 0.108. The minimum Gasteiger partial charge on any atom is -0.459 e. The summed E-state index contributed by atoms with van der Waals surface area (Å²) in [5, 5.41) is 0.434. The third-order valence-corrected chi connectivity index (χ3v) is 4.78. The molecule has 1 fully saturated rings. The molecule has 1 saturated heterocycles. The summed E-state index contributed by atoms with van der Waals surface area (Å²) in [6, 6.07) is 0.222. The average molecular weight is 292 g/mol. The number of aromatic nitrogens is 2. The van der Waals surface area contributed by atoms with Crippen LogP contribution in [-0.2, 0) is 10.0 Å². The first-order valence-electron chi connectivity index (χ1n) is 5.63. The van der Waals surface area contributed by atoms with Gasteiger partial charge in [-0.25, -0.2) is 18.4 Å². The molecule has 2 heterocycles. The Hall–Kier alpha value is -0.920. The Morgan fingerprint density at radius 3 is 2.78 bits per heavy atom. The number of hydrogen-bond donors (Lipinski definition) is 0. The summed E-state index contributed by atoms with van der Waals surface area (Å²) in [4.78, 5) is 7.83. The zero-order valence-electron chi connectivity index (χ0n) is 9.91. The van der Waals surface area contributed by atoms with Gasteiger partial charge in [0.2, 0.25) is 10.0 Å². The maximum Gasteiger partial charge on any atom is 0.316 e. The summed E-state index contributed by atoms with van der Waals surface area (Å²) >= 11 is 5.66. The highest BCUT2D eigenvalue weighted by molar-refractivity contribution is 7.89. The van der Waals surface area contributed by atoms with E-state index in [1.165, 1.54) is 16.7 Å². The van der Waals surface area contributed by atoms with Gasteiger partial charge >= 0.3 is 6.01 Å². The molecular weight excluding hydrogens is 278 g/mol. The van der Waals surface area contributed by atoms with Crippen molar-refractivity contribution in [1.82, 2.24) is 14.3 Å². The fourth-order valence-electron chi connectivity index (χ4n) is 1.74. The van der Waals surface area contributed by atoms with Crippen molar-refractivity contribution in [2.45, 2.75) is 19.4 Å². The van der Waals surface area contributed by atoms with Gasteiger partial charge in [-0.3, -0.25) is 0 Å². The Labute approximate surface area is 111 Å². The molecule has 0 aromatic carbocycles. The van der Waals surface area contributed by atoms with Crippen LogP contribution < -0.4 is 4.74 Å². The fraction of sp³-hybridized carbons (Fsp3) is 0.600. The maximum atomic E-state index is 11.7. The van der Waals surface area contributed by atoms with E-state index in [1.807, 2.05) is 0 Å². The van der Waals surface area contributed by atoms with E-state index >= 15 is 0 Å². The van der Waals surface area contributed by atoms with Gasteiger partial charge in [0.1, 0.15) is 6.10 Å². The van der Waals surface area contributed by atoms with E-state index in [-0.39, 0.29) is 17.9 Å². The highest BCUT2D eigenvalue weighted by Gasteiger charge is 2.31. The highest BCUT2D eigenvalue weighted by Crippen LogP contribution is 2.18. The van der Waals surface area contributed by atoms with Gasteiger partial charge in [0.25, 0.3) is 0 Å². The van der Waals surface area contributed by atoms with E-state index in [9.17, 15) is 8.42 Å². The van der Waals surface area contributed by atoms with E-state index in [0.29, 0.717) is 24.5 Å². The van der Waals surface area contributed by atoms with Crippen molar-refractivity contribution in [3.8, 4) is 6.01 Å². The molecule has 6 nitrogen and oxygen atoms in total. The Kier molecular flexibility index (Phi) is 4.04. The molecule has 0 radical (unpaired) electrons. The molecule has 18 heavy (non-hydrogen) atoms. The standard InChI is InChI=1S/C10H14ClN3O3S/c1-2-18(15,16)14-4-3-9(7-14)17-10-12-5-8(11)6-13-10/h5-6,9H,2-4,7H2,1H3. The van der Waals surface area contributed by atoms with E-state index < -0.39 is 10.0 Å². The molecule has 8 heteroatoms. The average Bonchev–Trinajstić information content (AvgIpc) is 2.81. The lowest BCUT2D eigenvalue weighted by Crippen LogP contribution is -2.32. The molecule has 1 aliphatic rings. The third kappa shape index (κ3) is 3.09. The molecule has 1 aromatic heterocycles. The number of ether oxygens (including phenoxy) is 1. The number of sulfonamides is 1. The van der Waals surface area contributed by atoms with Crippen LogP contribution in [0.3, 0.4) is 0 Å². The molecule has 0 N–H and O–H groups in total. The summed E-state index contributed by atoms with van der Waals surface area (Å²) in [5.74, 6) is 0.108. The first-order chi connectivity index (χ1) is 8.51. The van der Waals surface area contributed by atoms with Gasteiger partial charge in [0.15, 0.2) is 0 Å². The monoisotopic (exact) mass is 291 g/mol. The summed E-state index contributed by atoms with van der Waals surface area (Å²) in [5.41, 5.74) is 0. The maximum absolute atomic E-state index is 11.7. The Morgan fingerprint density at radius 1 is 1.50 bits per heavy atom. The Morgan fingerprint density at radius 2 is 2.17 bits per heavy atom. The van der Waals surface area contributed by atoms with E-state index in [2.05, 4.69) is 9.97 Å². The molecule has 0 aliphatic carbocycles. The van der Waals surface area contributed by atoms with Crippen molar-refractivity contribution in [1.29, 1.82) is 0 Å². The predicted octanol–water partition coefficient (Wildman–Crippen LogP) is 0.933. The van der Waals surface area contributed by atoms with Crippen molar-refractivity contribution in [2.75, 3.05) is 18.8 Å². The Bertz CT molecular complexity index is 506. The lowest BCUT2D eigenvalue weighted by atomic mass is 10.3. The first kappa shape index (κ1) is 13.5. The zero-order chi connectivity index (χ0) is 13.2. The quantitative estimate of drug-likeness (QED) is 0.825. The lowest BCUT2D eigenvalue weighted by molar-refractivity contribution is 0.197. The SMILES string of the molecule is CCS(=O)(=O)N1CCC(Oc2ncc(Cl)cn2)C1. The zero-order valence-corrected chi connectivity index (χ0v) is 11.5. The lowest BCUT2D eigenvalue weighted by Gasteiger charge is -2.15. The van der Waals surface area contributed by atoms with Crippen LogP contribution in [0.2, 0.25) is 5.02 Å². The van der Waals surface area contributed by atoms with Crippen LogP contribution in [0.4, 0.5) is 0 Å². The molecule has 1 aromatic rings. The number of nitrogens with zero attached hydrogens (tertiary/aromatic N) is 3. The van der Waals surface area contributed by atoms with Crippen LogP contribution in [0, 0.1) is 0 Å². The van der Waals surface area contributed by atoms with Crippen molar-refractivity contribution in [2.24, 2.45) is 0 Å². The van der Waals surface area contributed by atoms with Crippen LogP contribution in [0.1, 0.15) is 13.3 Å². The van der Waals surface area contributed by atoms with Crippen molar-refractivity contribution in [3.63, 3.8) is 0 Å². The van der Waals surface area contributed by atoms with Gasteiger partial charge in [-0.05, 0) is 13.3 Å². The molecule has 2 rings (SSSR count). The largest absolute Gasteiger partial charge is 0.459 e. The molecular formula is C10H14ClN3O3S. The first-order valence-corrected chi connectivity index (χ1v) is 7.62. The molecule has 1 aliphatic heterocycles. The number of halogens is 1. The van der Waals surface area contributed by atoms with Crippen molar-refractivity contribution < 1.29 is 13.2 Å². The van der Waals surface area contributed by atoms with E-state index in [1.54, 1.807) is 6.92 Å². The summed E-state index contributed by atoms with van der Waals surface area (Å²) < 4.78 is 30.3. The van der Waals surface area contributed by atoms with Crippen molar-refractivity contribution in [3.05, 3.63) is 17.4 Å². The fourth-order valence-corrected chi connectivity index (χ4v) is 2.98. The minimum atomic E-state index is -3.14. The summed E-state index contributed by atoms with van der Waals surface area (Å²) in [7, 11) is -3.14. The number of rotatable bonds is 4. The van der Waals surface area contributed by atoms with Gasteiger partial charge < -0.3 is 4.74 Å². The van der Waals surface area contributed by atoms with Gasteiger partial charge in [-0.2, -0.15) is 4.31 Å². The number of hydrogen-bond acceptors (Lipinski definition) is 5. The highest BCUT2D eigenvalue weighted by atomic mass is 35.5. The molecule has 1 atom stereocenters. The van der Waals surface area contributed by atoms with Crippen LogP contribution >= 0.6 is 11.6 Å². The van der Waals surface area contributed by atoms with Gasteiger partial charge in [0.05, 0.1) is 29.7 Å². The molecule has 0 saturated carbocycles. The molecule has 0 bridgehead atoms. The van der Waals surface area contributed by atoms with Crippen molar-refractivity contribution >= 4 is 21.6 Å². The second kappa shape index (κ2) is 5.38. The van der Waals surface area contributed by atoms with Crippen LogP contribution in [0.5, 0.6) is 6.01 Å². The second-order valence-corrected chi connectivity index (χ2v) is 6.66. The Balaban J connectivity index is 1.96. The van der Waals surface area contributed by atoms with Gasteiger partial charge in [-0.15, -0.1) is 0 Å². The third-order valence-electron chi connectivity index (χ3n) is 2.73. The van der Waals surface area contributed by atoms with E-state index in [4.69, 9.17) is 16.3 Å². The van der Waals surface area contributed by atoms with Gasteiger partial charge in [-0.1, -0.05) is 11.6 Å². The van der Waals surface area contributed by atoms with Crippen LogP contribution in [-0.4, -0.2) is 47.6 Å². The van der Waals surface area contributed by atoms with Crippen LogP contribution in [0.15, 0.2) is 12.4 Å². The summed E-state index contributed by atoms with van der Waals surface area (Å²) in [6.07, 6.45) is 3.33. The van der Waals surface area contributed by atoms with Crippen LogP contribution in [0.25, 0.3) is 0 Å². The van der Waals surface area contributed by atoms with Gasteiger partial charge in [0, 0.05) is 6.54 Å². The molecule has 0 spiro atoms. The molecule has 1 unspecified atom stereocenters. The smallest absolute Gasteiger partial charge is 0.316 e. The topological polar surface area (TPSA) is 72.4 Å². The predicted molar refractivity (Wildman–Crippen MR) is 67.1 cm³/mol. The van der Waals surface area contributed by atoms with E-state index in [0.717, 1.165) is 0 Å². The second-order valence-electron chi connectivity index (χ2n) is 3.97. The normalized spacial score (nSPS) is 21.1. The summed E-state index contributed by atoms with van der Waals surface area (Å²) in [6.45, 7) is 2.46. The molecule has 0 amide bonds. The molecule has 100 valence electrons.